The summed E-state index contributed by atoms with van der Waals surface area (Å²) in [5.74, 6) is -0.205. The molecule has 1 aromatic heterocycles. The number of amides is 1. The molecule has 22 heavy (non-hydrogen) atoms. The monoisotopic (exact) mass is 294 g/mol. The Labute approximate surface area is 128 Å². The van der Waals surface area contributed by atoms with Gasteiger partial charge in [0.2, 0.25) is 0 Å². The van der Waals surface area contributed by atoms with Gasteiger partial charge in [-0.25, -0.2) is 0 Å². The number of phenols is 1. The van der Waals surface area contributed by atoms with Gasteiger partial charge in [0.05, 0.1) is 5.69 Å². The highest BCUT2D eigenvalue weighted by Crippen LogP contribution is 2.26. The van der Waals surface area contributed by atoms with Crippen molar-refractivity contribution in [2.75, 3.05) is 5.32 Å². The van der Waals surface area contributed by atoms with Crippen LogP contribution in [0.4, 0.5) is 5.69 Å². The lowest BCUT2D eigenvalue weighted by Crippen LogP contribution is -2.12. The minimum atomic E-state index is -0.271. The lowest BCUT2D eigenvalue weighted by atomic mass is 10.1. The number of aryl methyl sites for hydroxylation is 3. The van der Waals surface area contributed by atoms with Crippen LogP contribution < -0.4 is 5.32 Å². The highest BCUT2D eigenvalue weighted by molar-refractivity contribution is 6.06. The van der Waals surface area contributed by atoms with Gasteiger partial charge in [-0.1, -0.05) is 12.1 Å². The lowest BCUT2D eigenvalue weighted by Gasteiger charge is -2.06. The van der Waals surface area contributed by atoms with E-state index in [4.69, 9.17) is 0 Å². The normalized spacial score (nSPS) is 10.9. The molecule has 1 heterocycles. The molecule has 0 atom stereocenters. The Bertz CT molecular complexity index is 878. The van der Waals surface area contributed by atoms with Gasteiger partial charge in [-0.3, -0.25) is 4.79 Å². The number of hydrogen-bond donors (Lipinski definition) is 3. The van der Waals surface area contributed by atoms with Crippen molar-refractivity contribution in [2.45, 2.75) is 20.8 Å². The smallest absolute Gasteiger partial charge is 0.272 e. The van der Waals surface area contributed by atoms with Crippen molar-refractivity contribution in [1.29, 1.82) is 0 Å². The Morgan fingerprint density at radius 2 is 1.82 bits per heavy atom. The molecule has 0 saturated heterocycles. The van der Waals surface area contributed by atoms with E-state index in [1.807, 2.05) is 39.0 Å². The van der Waals surface area contributed by atoms with Crippen molar-refractivity contribution < 1.29 is 9.90 Å². The number of aromatic nitrogens is 1. The van der Waals surface area contributed by atoms with Crippen molar-refractivity contribution in [3.05, 3.63) is 58.8 Å². The molecule has 4 heteroatoms. The van der Waals surface area contributed by atoms with Crippen LogP contribution in [0.1, 0.15) is 27.2 Å². The summed E-state index contributed by atoms with van der Waals surface area (Å²) in [5.41, 5.74) is 5.03. The van der Waals surface area contributed by atoms with E-state index < -0.39 is 0 Å². The van der Waals surface area contributed by atoms with E-state index in [-0.39, 0.29) is 11.7 Å². The SMILES string of the molecule is Cc1ccc(NC(=O)c2cc3c(C)cc(C)cc3[nH]2)c(O)c1. The molecule has 0 unspecified atom stereocenters. The second-order valence-corrected chi connectivity index (χ2v) is 5.70. The van der Waals surface area contributed by atoms with Crippen molar-refractivity contribution in [2.24, 2.45) is 0 Å². The molecule has 3 rings (SSSR count). The summed E-state index contributed by atoms with van der Waals surface area (Å²) < 4.78 is 0. The molecule has 0 radical (unpaired) electrons. The Morgan fingerprint density at radius 1 is 1.05 bits per heavy atom. The molecule has 3 aromatic rings. The standard InChI is InChI=1S/C18H18N2O2/c1-10-4-5-14(17(21)8-10)20-18(22)16-9-13-12(3)6-11(2)7-15(13)19-16/h4-9,19,21H,1-3H3,(H,20,22). The molecule has 0 bridgehead atoms. The zero-order valence-electron chi connectivity index (χ0n) is 12.8. The van der Waals surface area contributed by atoms with Gasteiger partial charge in [-0.2, -0.15) is 0 Å². The Balaban J connectivity index is 1.93. The first-order valence-corrected chi connectivity index (χ1v) is 7.15. The molecule has 4 nitrogen and oxygen atoms in total. The number of fused-ring (bicyclic) bond motifs is 1. The number of carbonyl (C=O) groups is 1. The fraction of sp³-hybridized carbons (Fsp3) is 0.167. The maximum absolute atomic E-state index is 12.4. The summed E-state index contributed by atoms with van der Waals surface area (Å²) in [6, 6.07) is 11.1. The number of hydrogen-bond acceptors (Lipinski definition) is 2. The van der Waals surface area contributed by atoms with Crippen LogP contribution in [0.25, 0.3) is 10.9 Å². The predicted octanol–water partition coefficient (Wildman–Crippen LogP) is 4.05. The van der Waals surface area contributed by atoms with Gasteiger partial charge < -0.3 is 15.4 Å². The molecular formula is C18H18N2O2. The molecule has 0 aliphatic carbocycles. The first kappa shape index (κ1) is 14.2. The lowest BCUT2D eigenvalue weighted by molar-refractivity contribution is 0.102. The molecule has 1 amide bonds. The fourth-order valence-electron chi connectivity index (χ4n) is 2.66. The van der Waals surface area contributed by atoms with Gasteiger partial charge in [-0.05, 0) is 61.7 Å². The average molecular weight is 294 g/mol. The molecule has 0 saturated carbocycles. The highest BCUT2D eigenvalue weighted by atomic mass is 16.3. The van der Waals surface area contributed by atoms with E-state index in [0.717, 1.165) is 27.6 Å². The van der Waals surface area contributed by atoms with E-state index >= 15 is 0 Å². The number of rotatable bonds is 2. The minimum Gasteiger partial charge on any atom is -0.506 e. The average Bonchev–Trinajstić information content (AvgIpc) is 2.86. The minimum absolute atomic E-state index is 0.0662. The summed E-state index contributed by atoms with van der Waals surface area (Å²) in [6.45, 7) is 5.93. The van der Waals surface area contributed by atoms with Crippen molar-refractivity contribution >= 4 is 22.5 Å². The summed E-state index contributed by atoms with van der Waals surface area (Å²) in [4.78, 5) is 15.5. The van der Waals surface area contributed by atoms with Crippen LogP contribution in [0.15, 0.2) is 36.4 Å². The van der Waals surface area contributed by atoms with Crippen LogP contribution in [0, 0.1) is 20.8 Å². The molecular weight excluding hydrogens is 276 g/mol. The highest BCUT2D eigenvalue weighted by Gasteiger charge is 2.13. The van der Waals surface area contributed by atoms with Crippen LogP contribution in [-0.2, 0) is 0 Å². The van der Waals surface area contributed by atoms with Crippen molar-refractivity contribution in [1.82, 2.24) is 4.98 Å². The first-order chi connectivity index (χ1) is 10.4. The predicted molar refractivity (Wildman–Crippen MR) is 88.6 cm³/mol. The third kappa shape index (κ3) is 2.55. The Morgan fingerprint density at radius 3 is 2.55 bits per heavy atom. The summed E-state index contributed by atoms with van der Waals surface area (Å²) in [7, 11) is 0. The van der Waals surface area contributed by atoms with Crippen molar-refractivity contribution in [3.8, 4) is 5.75 Å². The number of aromatic hydroxyl groups is 1. The third-order valence-electron chi connectivity index (χ3n) is 3.74. The number of phenolic OH excluding ortho intramolecular Hbond substituents is 1. The zero-order chi connectivity index (χ0) is 15.9. The first-order valence-electron chi connectivity index (χ1n) is 7.15. The van der Waals surface area contributed by atoms with E-state index in [0.29, 0.717) is 11.4 Å². The topological polar surface area (TPSA) is 65.1 Å². The number of aromatic amines is 1. The molecule has 0 fully saturated rings. The second-order valence-electron chi connectivity index (χ2n) is 5.70. The summed E-state index contributed by atoms with van der Waals surface area (Å²) >= 11 is 0. The largest absolute Gasteiger partial charge is 0.506 e. The molecule has 112 valence electrons. The maximum Gasteiger partial charge on any atom is 0.272 e. The van der Waals surface area contributed by atoms with Crippen LogP contribution in [0.5, 0.6) is 5.75 Å². The Hall–Kier alpha value is -2.75. The summed E-state index contributed by atoms with van der Waals surface area (Å²) in [5, 5.41) is 13.6. The van der Waals surface area contributed by atoms with E-state index in [9.17, 15) is 9.90 Å². The Kier molecular flexibility index (Phi) is 3.37. The van der Waals surface area contributed by atoms with Gasteiger partial charge in [-0.15, -0.1) is 0 Å². The van der Waals surface area contributed by atoms with Gasteiger partial charge >= 0.3 is 0 Å². The van der Waals surface area contributed by atoms with Crippen LogP contribution in [0.2, 0.25) is 0 Å². The van der Waals surface area contributed by atoms with Crippen LogP contribution >= 0.6 is 0 Å². The second kappa shape index (κ2) is 5.22. The van der Waals surface area contributed by atoms with Gasteiger partial charge in [0, 0.05) is 10.9 Å². The van der Waals surface area contributed by atoms with Gasteiger partial charge in [0.15, 0.2) is 0 Å². The zero-order valence-corrected chi connectivity index (χ0v) is 12.8. The van der Waals surface area contributed by atoms with E-state index in [1.165, 1.54) is 0 Å². The van der Waals surface area contributed by atoms with Crippen molar-refractivity contribution in [3.63, 3.8) is 0 Å². The van der Waals surface area contributed by atoms with Gasteiger partial charge in [0.25, 0.3) is 5.91 Å². The van der Waals surface area contributed by atoms with Crippen LogP contribution in [0.3, 0.4) is 0 Å². The maximum atomic E-state index is 12.4. The third-order valence-corrected chi connectivity index (χ3v) is 3.74. The molecule has 0 aliphatic rings. The fourth-order valence-corrected chi connectivity index (χ4v) is 2.66. The number of benzene rings is 2. The molecule has 0 aliphatic heterocycles. The molecule has 2 aromatic carbocycles. The molecule has 0 spiro atoms. The number of H-pyrrole nitrogens is 1. The van der Waals surface area contributed by atoms with E-state index in [2.05, 4.69) is 16.4 Å². The number of carbonyl (C=O) groups excluding carboxylic acids is 1. The molecule has 3 N–H and O–H groups in total. The van der Waals surface area contributed by atoms with Crippen LogP contribution in [-0.4, -0.2) is 16.0 Å². The van der Waals surface area contributed by atoms with E-state index in [1.54, 1.807) is 12.1 Å². The van der Waals surface area contributed by atoms with Gasteiger partial charge in [0.1, 0.15) is 11.4 Å². The quantitative estimate of drug-likeness (QED) is 0.624. The number of nitrogens with one attached hydrogen (secondary N) is 2. The number of anilines is 1. The summed E-state index contributed by atoms with van der Waals surface area (Å²) in [6.07, 6.45) is 0.